The smallest absolute Gasteiger partial charge is 0.244 e. The van der Waals surface area contributed by atoms with Gasteiger partial charge in [-0.05, 0) is 27.9 Å². The first-order valence-electron chi connectivity index (χ1n) is 5.82. The number of halogens is 1. The van der Waals surface area contributed by atoms with Crippen molar-refractivity contribution in [2.45, 2.75) is 26.3 Å². The molecule has 2 N–H and O–H groups in total. The lowest BCUT2D eigenvalue weighted by atomic mass is 10.0. The highest BCUT2D eigenvalue weighted by molar-refractivity contribution is 9.10. The van der Waals surface area contributed by atoms with E-state index in [1.165, 1.54) is 0 Å². The van der Waals surface area contributed by atoms with E-state index in [0.717, 1.165) is 16.5 Å². The van der Waals surface area contributed by atoms with Crippen LogP contribution in [0.4, 0.5) is 0 Å². The maximum absolute atomic E-state index is 6.05. The van der Waals surface area contributed by atoms with Crippen LogP contribution in [-0.2, 0) is 0 Å². The molecule has 0 bridgehead atoms. The van der Waals surface area contributed by atoms with Crippen LogP contribution >= 0.6 is 15.9 Å². The summed E-state index contributed by atoms with van der Waals surface area (Å²) < 4.78 is 6.09. The van der Waals surface area contributed by atoms with E-state index in [-0.39, 0.29) is 6.04 Å². The molecule has 6 heteroatoms. The predicted octanol–water partition coefficient (Wildman–Crippen LogP) is 2.94. The molecule has 0 aliphatic carbocycles. The first-order chi connectivity index (χ1) is 8.61. The topological polar surface area (TPSA) is 77.8 Å². The maximum atomic E-state index is 6.05. The molecular weight excluding hydrogens is 296 g/mol. The van der Waals surface area contributed by atoms with Gasteiger partial charge in [-0.2, -0.15) is 4.98 Å². The van der Waals surface area contributed by atoms with Crippen molar-refractivity contribution in [3.05, 3.63) is 28.8 Å². The monoisotopic (exact) mass is 310 g/mol. The van der Waals surface area contributed by atoms with Gasteiger partial charge in [0.1, 0.15) is 0 Å². The molecule has 2 heterocycles. The van der Waals surface area contributed by atoms with Gasteiger partial charge in [0.25, 0.3) is 0 Å². The number of nitrogens with zero attached hydrogens (tertiary/aromatic N) is 3. The second kappa shape index (κ2) is 5.58. The summed E-state index contributed by atoms with van der Waals surface area (Å²) in [5, 5.41) is 3.94. The van der Waals surface area contributed by atoms with Gasteiger partial charge in [-0.3, -0.25) is 4.98 Å². The molecule has 0 saturated carbocycles. The SMILES string of the molecule is CC[C@H](C)[C@H](N)c1nc(-c2cncc(Br)c2)no1. The molecule has 0 aromatic carbocycles. The van der Waals surface area contributed by atoms with Gasteiger partial charge in [0.15, 0.2) is 0 Å². The van der Waals surface area contributed by atoms with Crippen molar-refractivity contribution in [1.29, 1.82) is 0 Å². The number of hydrogen-bond acceptors (Lipinski definition) is 5. The van der Waals surface area contributed by atoms with Crippen molar-refractivity contribution in [3.63, 3.8) is 0 Å². The average Bonchev–Trinajstić information content (AvgIpc) is 2.86. The lowest BCUT2D eigenvalue weighted by molar-refractivity contribution is 0.312. The van der Waals surface area contributed by atoms with E-state index < -0.39 is 0 Å². The zero-order chi connectivity index (χ0) is 13.1. The molecule has 0 aliphatic heterocycles. The van der Waals surface area contributed by atoms with Crippen LogP contribution in [0.25, 0.3) is 11.4 Å². The molecule has 0 aliphatic rings. The van der Waals surface area contributed by atoms with Crippen molar-refractivity contribution >= 4 is 15.9 Å². The minimum absolute atomic E-state index is 0.226. The van der Waals surface area contributed by atoms with Crippen molar-refractivity contribution in [1.82, 2.24) is 15.1 Å². The highest BCUT2D eigenvalue weighted by atomic mass is 79.9. The van der Waals surface area contributed by atoms with Gasteiger partial charge < -0.3 is 10.3 Å². The van der Waals surface area contributed by atoms with Gasteiger partial charge in [0, 0.05) is 22.4 Å². The van der Waals surface area contributed by atoms with Gasteiger partial charge in [0.05, 0.1) is 6.04 Å². The average molecular weight is 311 g/mol. The molecule has 0 spiro atoms. The minimum Gasteiger partial charge on any atom is -0.337 e. The summed E-state index contributed by atoms with van der Waals surface area (Å²) in [6.07, 6.45) is 4.36. The standard InChI is InChI=1S/C12H15BrN4O/c1-3-7(2)10(14)12-16-11(17-18-12)8-4-9(13)6-15-5-8/h4-7,10H,3,14H2,1-2H3/t7-,10-/m0/s1. The second-order valence-corrected chi connectivity index (χ2v) is 5.18. The van der Waals surface area contributed by atoms with Crippen molar-refractivity contribution in [2.24, 2.45) is 11.7 Å². The zero-order valence-corrected chi connectivity index (χ0v) is 11.9. The molecule has 2 aromatic rings. The molecule has 18 heavy (non-hydrogen) atoms. The van der Waals surface area contributed by atoms with Crippen LogP contribution in [0.2, 0.25) is 0 Å². The minimum atomic E-state index is -0.226. The summed E-state index contributed by atoms with van der Waals surface area (Å²) in [5.74, 6) is 1.29. The Morgan fingerprint density at radius 1 is 1.44 bits per heavy atom. The van der Waals surface area contributed by atoms with Gasteiger partial charge in [-0.1, -0.05) is 25.4 Å². The Morgan fingerprint density at radius 2 is 2.22 bits per heavy atom. The van der Waals surface area contributed by atoms with Crippen molar-refractivity contribution in [2.75, 3.05) is 0 Å². The third kappa shape index (κ3) is 2.76. The Hall–Kier alpha value is -1.27. The second-order valence-electron chi connectivity index (χ2n) is 4.26. The zero-order valence-electron chi connectivity index (χ0n) is 10.3. The van der Waals surface area contributed by atoms with Gasteiger partial charge >= 0.3 is 0 Å². The third-order valence-corrected chi connectivity index (χ3v) is 3.38. The summed E-state index contributed by atoms with van der Waals surface area (Å²) in [6.45, 7) is 4.15. The normalized spacial score (nSPS) is 14.4. The number of pyridine rings is 1. The van der Waals surface area contributed by atoms with Crippen LogP contribution in [0.15, 0.2) is 27.5 Å². The molecule has 2 aromatic heterocycles. The molecule has 0 saturated heterocycles. The molecule has 0 radical (unpaired) electrons. The first kappa shape index (κ1) is 13.2. The molecule has 5 nitrogen and oxygen atoms in total. The fraction of sp³-hybridized carbons (Fsp3) is 0.417. The highest BCUT2D eigenvalue weighted by Gasteiger charge is 2.20. The van der Waals surface area contributed by atoms with Gasteiger partial charge in [-0.15, -0.1) is 0 Å². The van der Waals surface area contributed by atoms with Gasteiger partial charge in [-0.25, -0.2) is 0 Å². The van der Waals surface area contributed by atoms with E-state index in [1.807, 2.05) is 6.07 Å². The number of rotatable bonds is 4. The van der Waals surface area contributed by atoms with E-state index in [1.54, 1.807) is 12.4 Å². The van der Waals surface area contributed by atoms with Crippen molar-refractivity contribution in [3.8, 4) is 11.4 Å². The largest absolute Gasteiger partial charge is 0.337 e. The van der Waals surface area contributed by atoms with Crippen LogP contribution in [0, 0.1) is 5.92 Å². The Kier molecular flexibility index (Phi) is 4.08. The molecule has 2 rings (SSSR count). The Morgan fingerprint density at radius 3 is 2.89 bits per heavy atom. The van der Waals surface area contributed by atoms with Crippen LogP contribution in [0.3, 0.4) is 0 Å². The first-order valence-corrected chi connectivity index (χ1v) is 6.61. The molecule has 0 fully saturated rings. The molecular formula is C12H15BrN4O. The summed E-state index contributed by atoms with van der Waals surface area (Å²) >= 11 is 3.36. The summed E-state index contributed by atoms with van der Waals surface area (Å²) in [7, 11) is 0. The summed E-state index contributed by atoms with van der Waals surface area (Å²) in [6, 6.07) is 1.66. The summed E-state index contributed by atoms with van der Waals surface area (Å²) in [5.41, 5.74) is 6.85. The molecule has 2 atom stereocenters. The Bertz CT molecular complexity index is 528. The van der Waals surface area contributed by atoms with Crippen molar-refractivity contribution < 1.29 is 4.52 Å². The van der Waals surface area contributed by atoms with Gasteiger partial charge in [0.2, 0.25) is 11.7 Å². The highest BCUT2D eigenvalue weighted by Crippen LogP contribution is 2.24. The van der Waals surface area contributed by atoms with E-state index in [4.69, 9.17) is 10.3 Å². The predicted molar refractivity (Wildman–Crippen MR) is 71.6 cm³/mol. The van der Waals surface area contributed by atoms with E-state index >= 15 is 0 Å². The summed E-state index contributed by atoms with van der Waals surface area (Å²) in [4.78, 5) is 8.39. The molecule has 0 amide bonds. The Labute approximate surface area is 114 Å². The van der Waals surface area contributed by atoms with E-state index in [0.29, 0.717) is 17.6 Å². The molecule has 0 unspecified atom stereocenters. The fourth-order valence-electron chi connectivity index (χ4n) is 1.52. The fourth-order valence-corrected chi connectivity index (χ4v) is 1.88. The van der Waals surface area contributed by atoms with Crippen LogP contribution < -0.4 is 5.73 Å². The van der Waals surface area contributed by atoms with Crippen LogP contribution in [0.5, 0.6) is 0 Å². The third-order valence-electron chi connectivity index (χ3n) is 2.95. The van der Waals surface area contributed by atoms with Crippen LogP contribution in [0.1, 0.15) is 32.2 Å². The maximum Gasteiger partial charge on any atom is 0.244 e. The lowest BCUT2D eigenvalue weighted by Crippen LogP contribution is -2.18. The number of aromatic nitrogens is 3. The van der Waals surface area contributed by atoms with E-state index in [2.05, 4.69) is 44.9 Å². The lowest BCUT2D eigenvalue weighted by Gasteiger charge is -2.12. The van der Waals surface area contributed by atoms with E-state index in [9.17, 15) is 0 Å². The van der Waals surface area contributed by atoms with Crippen LogP contribution in [-0.4, -0.2) is 15.1 Å². The number of hydrogen-bond donors (Lipinski definition) is 1. The number of nitrogens with two attached hydrogens (primary N) is 1. The quantitative estimate of drug-likeness (QED) is 0.939. The Balaban J connectivity index is 2.25. The molecule has 96 valence electrons.